The topological polar surface area (TPSA) is 26.3 Å². The van der Waals surface area contributed by atoms with E-state index in [1.54, 1.807) is 0 Å². The second-order valence-electron chi connectivity index (χ2n) is 3.18. The van der Waals surface area contributed by atoms with E-state index < -0.39 is 0 Å². The van der Waals surface area contributed by atoms with Crippen LogP contribution in [0.4, 0.5) is 0 Å². The highest BCUT2D eigenvalue weighted by atomic mass is 16.5. The fourth-order valence-corrected chi connectivity index (χ4v) is 1.21. The summed E-state index contributed by atoms with van der Waals surface area (Å²) in [6, 6.07) is 0. The van der Waals surface area contributed by atoms with Gasteiger partial charge in [0.2, 0.25) is 0 Å². The number of carbonyl (C=O) groups excluding carboxylic acids is 1. The third kappa shape index (κ3) is 2.31. The first-order chi connectivity index (χ1) is 6.15. The molecule has 0 heterocycles. The lowest BCUT2D eigenvalue weighted by Crippen LogP contribution is -2.14. The summed E-state index contributed by atoms with van der Waals surface area (Å²) in [7, 11) is 1.41. The van der Waals surface area contributed by atoms with Crippen molar-refractivity contribution in [3.63, 3.8) is 0 Å². The molecule has 0 aromatic rings. The summed E-state index contributed by atoms with van der Waals surface area (Å²) < 4.78 is 4.70. The van der Waals surface area contributed by atoms with E-state index in [0.717, 1.165) is 11.1 Å². The van der Waals surface area contributed by atoms with Crippen LogP contribution in [0.1, 0.15) is 13.8 Å². The van der Waals surface area contributed by atoms with Gasteiger partial charge in [0.05, 0.1) is 13.0 Å². The molecule has 2 nitrogen and oxygen atoms in total. The zero-order valence-corrected chi connectivity index (χ0v) is 8.20. The standard InChI is InChI=1S/C11H14O2/c1-8-4-6-9(2)10(7-5-8)11(12)13-3/h4-7,10H,1-3H3. The molecule has 0 saturated heterocycles. The molecule has 1 unspecified atom stereocenters. The molecular formula is C11H14O2. The average Bonchev–Trinajstić information content (AvgIpc) is 2.28. The molecule has 1 atom stereocenters. The van der Waals surface area contributed by atoms with Gasteiger partial charge in [-0.2, -0.15) is 0 Å². The van der Waals surface area contributed by atoms with Gasteiger partial charge in [0.15, 0.2) is 0 Å². The Bertz CT molecular complexity index is 295. The zero-order valence-electron chi connectivity index (χ0n) is 8.20. The predicted octanol–water partition coefficient (Wildman–Crippen LogP) is 2.24. The lowest BCUT2D eigenvalue weighted by atomic mass is 10.0. The van der Waals surface area contributed by atoms with Crippen LogP contribution in [0.15, 0.2) is 35.5 Å². The first-order valence-electron chi connectivity index (χ1n) is 4.26. The van der Waals surface area contributed by atoms with Crippen LogP contribution in [0.25, 0.3) is 0 Å². The number of carbonyl (C=O) groups is 1. The Morgan fingerprint density at radius 2 is 2.08 bits per heavy atom. The van der Waals surface area contributed by atoms with Gasteiger partial charge in [-0.05, 0) is 13.8 Å². The maximum atomic E-state index is 11.3. The summed E-state index contributed by atoms with van der Waals surface area (Å²) in [4.78, 5) is 11.3. The minimum absolute atomic E-state index is 0.201. The Balaban J connectivity index is 2.91. The van der Waals surface area contributed by atoms with E-state index in [1.165, 1.54) is 7.11 Å². The van der Waals surface area contributed by atoms with E-state index in [1.807, 2.05) is 38.2 Å². The first-order valence-corrected chi connectivity index (χ1v) is 4.26. The van der Waals surface area contributed by atoms with Crippen LogP contribution in [0.2, 0.25) is 0 Å². The van der Waals surface area contributed by atoms with Crippen molar-refractivity contribution in [2.75, 3.05) is 7.11 Å². The molecule has 0 spiro atoms. The van der Waals surface area contributed by atoms with Gasteiger partial charge in [0, 0.05) is 0 Å². The molecule has 1 aliphatic rings. The van der Waals surface area contributed by atoms with Gasteiger partial charge in [-0.25, -0.2) is 0 Å². The van der Waals surface area contributed by atoms with Crippen molar-refractivity contribution in [3.8, 4) is 0 Å². The van der Waals surface area contributed by atoms with Gasteiger partial charge in [-0.3, -0.25) is 4.79 Å². The van der Waals surface area contributed by atoms with E-state index in [9.17, 15) is 4.79 Å². The Kier molecular flexibility index (Phi) is 3.07. The Morgan fingerprint density at radius 3 is 2.69 bits per heavy atom. The second-order valence-corrected chi connectivity index (χ2v) is 3.18. The molecule has 70 valence electrons. The van der Waals surface area contributed by atoms with Crippen molar-refractivity contribution in [2.24, 2.45) is 5.92 Å². The van der Waals surface area contributed by atoms with Gasteiger partial charge in [-0.1, -0.05) is 35.5 Å². The third-order valence-corrected chi connectivity index (χ3v) is 2.11. The van der Waals surface area contributed by atoms with Crippen LogP contribution < -0.4 is 0 Å². The molecule has 0 aromatic carbocycles. The van der Waals surface area contributed by atoms with Gasteiger partial charge < -0.3 is 4.74 Å². The van der Waals surface area contributed by atoms with Crippen molar-refractivity contribution in [1.82, 2.24) is 0 Å². The minimum atomic E-state index is -0.223. The van der Waals surface area contributed by atoms with Crippen LogP contribution in [0, 0.1) is 5.92 Å². The minimum Gasteiger partial charge on any atom is -0.468 e. The lowest BCUT2D eigenvalue weighted by Gasteiger charge is -2.09. The van der Waals surface area contributed by atoms with Crippen LogP contribution >= 0.6 is 0 Å². The largest absolute Gasteiger partial charge is 0.468 e. The summed E-state index contributed by atoms with van der Waals surface area (Å²) >= 11 is 0. The van der Waals surface area contributed by atoms with Crippen LogP contribution in [-0.2, 0) is 9.53 Å². The van der Waals surface area contributed by atoms with Crippen molar-refractivity contribution >= 4 is 5.97 Å². The Labute approximate surface area is 78.6 Å². The number of ether oxygens (including phenoxy) is 1. The van der Waals surface area contributed by atoms with Crippen LogP contribution in [0.3, 0.4) is 0 Å². The summed E-state index contributed by atoms with van der Waals surface area (Å²) in [6.45, 7) is 3.93. The molecule has 13 heavy (non-hydrogen) atoms. The number of allylic oxidation sites excluding steroid dienone is 4. The number of hydrogen-bond acceptors (Lipinski definition) is 2. The van der Waals surface area contributed by atoms with E-state index in [2.05, 4.69) is 0 Å². The Hall–Kier alpha value is -1.31. The molecule has 0 saturated carbocycles. The van der Waals surface area contributed by atoms with E-state index in [0.29, 0.717) is 0 Å². The molecule has 0 bridgehead atoms. The SMILES string of the molecule is COC(=O)C1C=CC(C)=CC=C1C. The monoisotopic (exact) mass is 178 g/mol. The maximum Gasteiger partial charge on any atom is 0.316 e. The average molecular weight is 178 g/mol. The fourth-order valence-electron chi connectivity index (χ4n) is 1.21. The van der Waals surface area contributed by atoms with Gasteiger partial charge in [-0.15, -0.1) is 0 Å². The highest BCUT2D eigenvalue weighted by Crippen LogP contribution is 2.18. The number of hydrogen-bond donors (Lipinski definition) is 0. The molecule has 0 radical (unpaired) electrons. The van der Waals surface area contributed by atoms with Crippen molar-refractivity contribution in [2.45, 2.75) is 13.8 Å². The number of esters is 1. The highest BCUT2D eigenvalue weighted by molar-refractivity contribution is 5.78. The van der Waals surface area contributed by atoms with Crippen molar-refractivity contribution in [3.05, 3.63) is 35.5 Å². The molecule has 1 rings (SSSR count). The quantitative estimate of drug-likeness (QED) is 0.575. The molecule has 0 amide bonds. The molecule has 0 N–H and O–H groups in total. The number of rotatable bonds is 1. The second kappa shape index (κ2) is 4.08. The van der Waals surface area contributed by atoms with E-state index in [4.69, 9.17) is 4.74 Å². The highest BCUT2D eigenvalue weighted by Gasteiger charge is 2.18. The molecule has 0 aliphatic heterocycles. The van der Waals surface area contributed by atoms with Crippen LogP contribution in [0.5, 0.6) is 0 Å². The normalized spacial score (nSPS) is 21.6. The first kappa shape index (κ1) is 9.78. The van der Waals surface area contributed by atoms with E-state index in [-0.39, 0.29) is 11.9 Å². The molecule has 1 aliphatic carbocycles. The smallest absolute Gasteiger partial charge is 0.316 e. The summed E-state index contributed by atoms with van der Waals surface area (Å²) in [5.74, 6) is -0.424. The van der Waals surface area contributed by atoms with Crippen molar-refractivity contribution in [1.29, 1.82) is 0 Å². The van der Waals surface area contributed by atoms with Gasteiger partial charge >= 0.3 is 5.97 Å². The number of methoxy groups -OCH3 is 1. The predicted molar refractivity (Wildman–Crippen MR) is 52.2 cm³/mol. The zero-order chi connectivity index (χ0) is 9.84. The van der Waals surface area contributed by atoms with Gasteiger partial charge in [0.1, 0.15) is 0 Å². The van der Waals surface area contributed by atoms with Gasteiger partial charge in [0.25, 0.3) is 0 Å². The molecule has 0 fully saturated rings. The summed E-state index contributed by atoms with van der Waals surface area (Å²) in [5.41, 5.74) is 2.16. The summed E-state index contributed by atoms with van der Waals surface area (Å²) in [6.07, 6.45) is 7.76. The summed E-state index contributed by atoms with van der Waals surface area (Å²) in [5, 5.41) is 0. The van der Waals surface area contributed by atoms with Crippen LogP contribution in [-0.4, -0.2) is 13.1 Å². The van der Waals surface area contributed by atoms with Crippen molar-refractivity contribution < 1.29 is 9.53 Å². The molecule has 0 aromatic heterocycles. The Morgan fingerprint density at radius 1 is 1.38 bits per heavy atom. The van der Waals surface area contributed by atoms with E-state index >= 15 is 0 Å². The molecule has 2 heteroatoms. The fraction of sp³-hybridized carbons (Fsp3) is 0.364. The molecular weight excluding hydrogens is 164 g/mol. The third-order valence-electron chi connectivity index (χ3n) is 2.11. The maximum absolute atomic E-state index is 11.3. The lowest BCUT2D eigenvalue weighted by molar-refractivity contribution is -0.142.